The van der Waals surface area contributed by atoms with E-state index in [9.17, 15) is 13.6 Å². The number of nitrogens with one attached hydrogen (secondary N) is 2. The monoisotopic (exact) mass is 589 g/mol. The van der Waals surface area contributed by atoms with Gasteiger partial charge in [0.1, 0.15) is 5.82 Å². The van der Waals surface area contributed by atoms with Crippen molar-refractivity contribution < 1.29 is 18.3 Å². The van der Waals surface area contributed by atoms with E-state index in [0.717, 1.165) is 56.3 Å². The number of hydrogen-bond donors (Lipinski definition) is 2. The van der Waals surface area contributed by atoms with Gasteiger partial charge < -0.3 is 20.3 Å². The average molecular weight is 590 g/mol. The van der Waals surface area contributed by atoms with Gasteiger partial charge in [-0.05, 0) is 68.7 Å². The summed E-state index contributed by atoms with van der Waals surface area (Å²) in [7, 11) is 0. The van der Waals surface area contributed by atoms with Crippen molar-refractivity contribution >= 4 is 28.7 Å². The van der Waals surface area contributed by atoms with E-state index in [1.807, 2.05) is 42.5 Å². The zero-order valence-corrected chi connectivity index (χ0v) is 24.1. The molecular formula is C32H37F2N7O2. The van der Waals surface area contributed by atoms with Crippen LogP contribution in [0.4, 0.5) is 25.2 Å². The van der Waals surface area contributed by atoms with Crippen LogP contribution < -0.4 is 15.5 Å². The van der Waals surface area contributed by atoms with Crippen LogP contribution in [0.2, 0.25) is 0 Å². The van der Waals surface area contributed by atoms with E-state index in [1.165, 1.54) is 4.57 Å². The van der Waals surface area contributed by atoms with Gasteiger partial charge in [-0.15, -0.1) is 0 Å². The van der Waals surface area contributed by atoms with Crippen LogP contribution in [0.5, 0.6) is 0 Å². The third-order valence-corrected chi connectivity index (χ3v) is 8.32. The smallest absolute Gasteiger partial charge is 0.319 e. The normalized spacial score (nSPS) is 19.1. The molecule has 0 atom stereocenters. The van der Waals surface area contributed by atoms with Crippen molar-refractivity contribution in [1.82, 2.24) is 24.8 Å². The number of alkyl halides is 2. The molecule has 0 radical (unpaired) electrons. The fourth-order valence-corrected chi connectivity index (χ4v) is 6.09. The number of rotatable bonds is 9. The highest BCUT2D eigenvalue weighted by molar-refractivity contribution is 5.89. The van der Waals surface area contributed by atoms with Crippen molar-refractivity contribution in [2.24, 2.45) is 5.92 Å². The highest BCUT2D eigenvalue weighted by atomic mass is 19.3. The maximum Gasteiger partial charge on any atom is 0.319 e. The Bertz CT molecular complexity index is 1520. The number of aryl methyl sites for hydroxylation is 1. The number of halogens is 2. The molecule has 43 heavy (non-hydrogen) atoms. The van der Waals surface area contributed by atoms with Crippen LogP contribution in [0.25, 0.3) is 16.9 Å². The van der Waals surface area contributed by atoms with Crippen molar-refractivity contribution in [3.05, 3.63) is 72.2 Å². The quantitative estimate of drug-likeness (QED) is 0.238. The van der Waals surface area contributed by atoms with Gasteiger partial charge >= 0.3 is 6.03 Å². The summed E-state index contributed by atoms with van der Waals surface area (Å²) in [5, 5.41) is 6.01. The summed E-state index contributed by atoms with van der Waals surface area (Å²) in [6.45, 7) is 2.45. The van der Waals surface area contributed by atoms with E-state index in [4.69, 9.17) is 14.7 Å². The minimum absolute atomic E-state index is 0.161. The molecular weight excluding hydrogens is 552 g/mol. The topological polar surface area (TPSA) is 97.2 Å². The lowest BCUT2D eigenvalue weighted by Crippen LogP contribution is -2.40. The number of ether oxygens (including phenoxy) is 1. The predicted molar refractivity (Wildman–Crippen MR) is 162 cm³/mol. The Morgan fingerprint density at radius 1 is 0.953 bits per heavy atom. The van der Waals surface area contributed by atoms with Gasteiger partial charge in [-0.1, -0.05) is 36.8 Å². The third-order valence-electron chi connectivity index (χ3n) is 8.32. The van der Waals surface area contributed by atoms with Gasteiger partial charge in [0.2, 0.25) is 5.95 Å². The van der Waals surface area contributed by atoms with Gasteiger partial charge in [0.05, 0.1) is 24.2 Å². The lowest BCUT2D eigenvalue weighted by atomic mass is 9.83. The highest BCUT2D eigenvalue weighted by Gasteiger charge is 2.25. The second-order valence-corrected chi connectivity index (χ2v) is 11.3. The van der Waals surface area contributed by atoms with E-state index in [1.54, 1.807) is 18.2 Å². The molecule has 6 rings (SSSR count). The molecule has 226 valence electrons. The minimum Gasteiger partial charge on any atom is -0.378 e. The number of carbonyl (C=O) groups is 1. The van der Waals surface area contributed by atoms with E-state index in [2.05, 4.69) is 20.5 Å². The minimum atomic E-state index is -2.74. The van der Waals surface area contributed by atoms with Gasteiger partial charge in [0.15, 0.2) is 5.82 Å². The van der Waals surface area contributed by atoms with E-state index in [-0.39, 0.29) is 17.9 Å². The number of fused-ring (bicyclic) bond motifs is 1. The SMILES string of the molecule is O=C(Nc1ccccc1)NC1CCC(CCCc2cc(-n3c(C(F)F)nc4ccccc43)nc(N3CCOCC3)n2)CC1. The van der Waals surface area contributed by atoms with Crippen LogP contribution in [0.3, 0.4) is 0 Å². The number of benzene rings is 2. The zero-order chi connectivity index (χ0) is 29.6. The Morgan fingerprint density at radius 3 is 2.47 bits per heavy atom. The predicted octanol–water partition coefficient (Wildman–Crippen LogP) is 6.29. The molecule has 2 amide bonds. The molecule has 1 saturated heterocycles. The highest BCUT2D eigenvalue weighted by Crippen LogP contribution is 2.30. The molecule has 2 aromatic carbocycles. The van der Waals surface area contributed by atoms with Gasteiger partial charge in [0.25, 0.3) is 6.43 Å². The number of anilines is 2. The van der Waals surface area contributed by atoms with E-state index < -0.39 is 6.43 Å². The number of amides is 2. The van der Waals surface area contributed by atoms with E-state index >= 15 is 0 Å². The summed E-state index contributed by atoms with van der Waals surface area (Å²) in [4.78, 5) is 28.3. The summed E-state index contributed by atoms with van der Waals surface area (Å²) >= 11 is 0. The number of nitrogens with zero attached hydrogens (tertiary/aromatic N) is 5. The largest absolute Gasteiger partial charge is 0.378 e. The maximum absolute atomic E-state index is 14.1. The number of carbonyl (C=O) groups excluding carboxylic acids is 1. The molecule has 0 unspecified atom stereocenters. The zero-order valence-electron chi connectivity index (χ0n) is 24.1. The number of urea groups is 1. The first-order valence-corrected chi connectivity index (χ1v) is 15.1. The molecule has 1 aliphatic heterocycles. The maximum atomic E-state index is 14.1. The molecule has 1 saturated carbocycles. The number of morpholine rings is 1. The molecule has 2 fully saturated rings. The number of imidazole rings is 1. The van der Waals surface area contributed by atoms with Crippen molar-refractivity contribution in [3.8, 4) is 5.82 Å². The van der Waals surface area contributed by atoms with Crippen molar-refractivity contribution in [2.45, 2.75) is 57.4 Å². The van der Waals surface area contributed by atoms with Crippen LogP contribution in [0.15, 0.2) is 60.7 Å². The van der Waals surface area contributed by atoms with Gasteiger partial charge in [0, 0.05) is 36.6 Å². The molecule has 2 aliphatic rings. The number of hydrogen-bond acceptors (Lipinski definition) is 6. The molecule has 2 N–H and O–H groups in total. The molecule has 1 aliphatic carbocycles. The van der Waals surface area contributed by atoms with Crippen LogP contribution in [-0.4, -0.2) is 57.9 Å². The lowest BCUT2D eigenvalue weighted by Gasteiger charge is -2.29. The first-order valence-electron chi connectivity index (χ1n) is 15.1. The summed E-state index contributed by atoms with van der Waals surface area (Å²) in [5.41, 5.74) is 2.72. The Labute approximate surface area is 249 Å². The Balaban J connectivity index is 1.11. The fourth-order valence-electron chi connectivity index (χ4n) is 6.09. The summed E-state index contributed by atoms with van der Waals surface area (Å²) in [6.07, 6.45) is 3.99. The summed E-state index contributed by atoms with van der Waals surface area (Å²) in [5.74, 6) is 1.21. The lowest BCUT2D eigenvalue weighted by molar-refractivity contribution is 0.122. The Morgan fingerprint density at radius 2 is 1.70 bits per heavy atom. The van der Waals surface area contributed by atoms with Crippen LogP contribution in [0.1, 0.15) is 56.5 Å². The first-order chi connectivity index (χ1) is 21.0. The molecule has 0 bridgehead atoms. The van der Waals surface area contributed by atoms with E-state index in [0.29, 0.717) is 55.0 Å². The third kappa shape index (κ3) is 7.10. The number of aromatic nitrogens is 4. The van der Waals surface area contributed by atoms with Crippen LogP contribution >= 0.6 is 0 Å². The van der Waals surface area contributed by atoms with Crippen molar-refractivity contribution in [3.63, 3.8) is 0 Å². The number of para-hydroxylation sites is 3. The standard InChI is InChI=1S/C32H37F2N7O2/c33-29(34)30-38-26-11-4-5-12-27(26)41(30)28-21-25(35-31(39-28)40-17-19-43-20-18-40)10-6-7-22-13-15-24(16-14-22)37-32(42)36-23-8-2-1-3-9-23/h1-5,8-9,11-12,21-22,24,29H,6-7,10,13-20H2,(H2,36,37,42). The molecule has 11 heteroatoms. The van der Waals surface area contributed by atoms with Crippen molar-refractivity contribution in [2.75, 3.05) is 36.5 Å². The second kappa shape index (κ2) is 13.5. The van der Waals surface area contributed by atoms with Gasteiger partial charge in [-0.2, -0.15) is 4.98 Å². The van der Waals surface area contributed by atoms with Crippen LogP contribution in [0, 0.1) is 5.92 Å². The first kappa shape index (κ1) is 29.0. The molecule has 3 heterocycles. The van der Waals surface area contributed by atoms with Gasteiger partial charge in [-0.25, -0.2) is 23.5 Å². The molecule has 4 aromatic rings. The summed E-state index contributed by atoms with van der Waals surface area (Å²) in [6, 6.07) is 18.4. The van der Waals surface area contributed by atoms with Crippen molar-refractivity contribution in [1.29, 1.82) is 0 Å². The van der Waals surface area contributed by atoms with Gasteiger partial charge in [-0.3, -0.25) is 4.57 Å². The molecule has 2 aromatic heterocycles. The Hall–Kier alpha value is -4.12. The Kier molecular flexibility index (Phi) is 9.07. The summed E-state index contributed by atoms with van der Waals surface area (Å²) < 4.78 is 35.2. The molecule has 0 spiro atoms. The van der Waals surface area contributed by atoms with Crippen LogP contribution in [-0.2, 0) is 11.2 Å². The molecule has 9 nitrogen and oxygen atoms in total. The fraction of sp³-hybridized carbons (Fsp3) is 0.438. The average Bonchev–Trinajstić information content (AvgIpc) is 3.43. The second-order valence-electron chi connectivity index (χ2n) is 11.3.